The predicted molar refractivity (Wildman–Crippen MR) is 46.8 cm³/mol. The molecule has 1 aromatic rings. The van der Waals surface area contributed by atoms with Crippen molar-refractivity contribution in [3.8, 4) is 0 Å². The van der Waals surface area contributed by atoms with E-state index in [1.165, 1.54) is 12.1 Å². The van der Waals surface area contributed by atoms with Crippen molar-refractivity contribution in [1.29, 1.82) is 0 Å². The summed E-state index contributed by atoms with van der Waals surface area (Å²) in [4.78, 5) is 3.93. The first-order chi connectivity index (χ1) is 5.09. The van der Waals surface area contributed by atoms with Gasteiger partial charge >= 0.3 is 0 Å². The molecule has 0 saturated carbocycles. The Morgan fingerprint density at radius 1 is 1.18 bits per heavy atom. The Bertz CT molecular complexity index is 245. The van der Waals surface area contributed by atoms with Gasteiger partial charge in [0, 0.05) is 5.56 Å². The molecule has 0 atom stereocenters. The molecular formula is C6H5Br2NO2. The van der Waals surface area contributed by atoms with Crippen LogP contribution in [0.1, 0.15) is 11.9 Å². The molecular weight excluding hydrogens is 278 g/mol. The quantitative estimate of drug-likeness (QED) is 0.608. The van der Waals surface area contributed by atoms with E-state index in [0.717, 1.165) is 0 Å². The average Bonchev–Trinajstić information content (AvgIpc) is 1.85. The monoisotopic (exact) mass is 281 g/mol. The fourth-order valence-electron chi connectivity index (χ4n) is 0.632. The molecule has 0 aliphatic carbocycles. The molecule has 0 aliphatic rings. The van der Waals surface area contributed by atoms with Gasteiger partial charge in [0.15, 0.2) is 6.29 Å². The fourth-order valence-corrected chi connectivity index (χ4v) is 1.78. The summed E-state index contributed by atoms with van der Waals surface area (Å²) < 4.78 is 1.13. The maximum atomic E-state index is 8.76. The maximum Gasteiger partial charge on any atom is 0.178 e. The first-order valence-electron chi connectivity index (χ1n) is 2.78. The highest BCUT2D eigenvalue weighted by Gasteiger charge is 2.04. The molecule has 0 amide bonds. The van der Waals surface area contributed by atoms with Gasteiger partial charge in [0.1, 0.15) is 9.21 Å². The number of aliphatic hydroxyl groups excluding tert-OH is 1. The SMILES string of the molecule is OC(O)c1cc(Br)nc(Br)c1. The zero-order chi connectivity index (χ0) is 8.43. The molecule has 3 nitrogen and oxygen atoms in total. The summed E-state index contributed by atoms with van der Waals surface area (Å²) in [5.74, 6) is 0. The third-order valence-corrected chi connectivity index (χ3v) is 1.90. The van der Waals surface area contributed by atoms with E-state index in [0.29, 0.717) is 14.8 Å². The zero-order valence-electron chi connectivity index (χ0n) is 5.33. The van der Waals surface area contributed by atoms with E-state index in [1.54, 1.807) is 0 Å². The van der Waals surface area contributed by atoms with Crippen LogP contribution < -0.4 is 0 Å². The van der Waals surface area contributed by atoms with Crippen LogP contribution in [-0.4, -0.2) is 15.2 Å². The largest absolute Gasteiger partial charge is 0.364 e. The van der Waals surface area contributed by atoms with Gasteiger partial charge in [-0.05, 0) is 44.0 Å². The molecule has 5 heteroatoms. The van der Waals surface area contributed by atoms with Gasteiger partial charge in [-0.1, -0.05) is 0 Å². The van der Waals surface area contributed by atoms with Crippen LogP contribution in [0.25, 0.3) is 0 Å². The Labute approximate surface area is 80.3 Å². The first-order valence-corrected chi connectivity index (χ1v) is 4.37. The maximum absolute atomic E-state index is 8.76. The van der Waals surface area contributed by atoms with Crippen molar-refractivity contribution < 1.29 is 10.2 Å². The number of pyridine rings is 1. The lowest BCUT2D eigenvalue weighted by molar-refractivity contribution is -0.0426. The highest BCUT2D eigenvalue weighted by Crippen LogP contribution is 2.19. The molecule has 1 rings (SSSR count). The van der Waals surface area contributed by atoms with Crippen LogP contribution in [0.5, 0.6) is 0 Å². The van der Waals surface area contributed by atoms with Gasteiger partial charge in [-0.2, -0.15) is 0 Å². The lowest BCUT2D eigenvalue weighted by Crippen LogP contribution is -1.95. The Balaban J connectivity index is 3.08. The number of hydrogen-bond donors (Lipinski definition) is 2. The van der Waals surface area contributed by atoms with E-state index < -0.39 is 6.29 Å². The minimum atomic E-state index is -1.45. The minimum Gasteiger partial charge on any atom is -0.364 e. The Morgan fingerprint density at radius 2 is 1.64 bits per heavy atom. The van der Waals surface area contributed by atoms with Crippen LogP contribution in [0.2, 0.25) is 0 Å². The number of aromatic nitrogens is 1. The molecule has 60 valence electrons. The summed E-state index contributed by atoms with van der Waals surface area (Å²) in [5, 5.41) is 17.5. The van der Waals surface area contributed by atoms with Crippen LogP contribution in [0, 0.1) is 0 Å². The van der Waals surface area contributed by atoms with E-state index in [1.807, 2.05) is 0 Å². The number of halogens is 2. The first kappa shape index (κ1) is 9.12. The molecule has 1 heterocycles. The standard InChI is InChI=1S/C6H5Br2NO2/c7-4-1-3(6(10)11)2-5(8)9-4/h1-2,6,10-11H. The highest BCUT2D eigenvalue weighted by molar-refractivity contribution is 9.11. The number of hydrogen-bond acceptors (Lipinski definition) is 3. The number of rotatable bonds is 1. The van der Waals surface area contributed by atoms with Crippen LogP contribution in [0.15, 0.2) is 21.3 Å². The van der Waals surface area contributed by atoms with Gasteiger partial charge in [-0.3, -0.25) is 0 Å². The molecule has 0 unspecified atom stereocenters. The second-order valence-corrected chi connectivity index (χ2v) is 3.54. The van der Waals surface area contributed by atoms with E-state index >= 15 is 0 Å². The number of aliphatic hydroxyl groups is 2. The lowest BCUT2D eigenvalue weighted by Gasteiger charge is -2.03. The summed E-state index contributed by atoms with van der Waals surface area (Å²) in [6, 6.07) is 3.07. The molecule has 2 N–H and O–H groups in total. The molecule has 1 aromatic heterocycles. The molecule has 0 spiro atoms. The normalized spacial score (nSPS) is 10.6. The summed E-state index contributed by atoms with van der Waals surface area (Å²) >= 11 is 6.24. The van der Waals surface area contributed by atoms with Crippen molar-refractivity contribution in [2.45, 2.75) is 6.29 Å². The van der Waals surface area contributed by atoms with E-state index in [4.69, 9.17) is 10.2 Å². The van der Waals surface area contributed by atoms with E-state index in [-0.39, 0.29) is 0 Å². The Hall–Kier alpha value is 0.0300. The summed E-state index contributed by atoms with van der Waals surface area (Å²) in [6.45, 7) is 0. The Morgan fingerprint density at radius 3 is 2.00 bits per heavy atom. The zero-order valence-corrected chi connectivity index (χ0v) is 8.50. The van der Waals surface area contributed by atoms with E-state index in [9.17, 15) is 0 Å². The predicted octanol–water partition coefficient (Wildman–Crippen LogP) is 1.59. The molecule has 0 fully saturated rings. The minimum absolute atomic E-state index is 0.402. The molecule has 0 aromatic carbocycles. The Kier molecular flexibility index (Phi) is 3.00. The van der Waals surface area contributed by atoms with Crippen molar-refractivity contribution in [3.05, 3.63) is 26.9 Å². The molecule has 0 aliphatic heterocycles. The van der Waals surface area contributed by atoms with Gasteiger partial charge in [0.2, 0.25) is 0 Å². The topological polar surface area (TPSA) is 53.4 Å². The van der Waals surface area contributed by atoms with Crippen LogP contribution in [-0.2, 0) is 0 Å². The second kappa shape index (κ2) is 3.62. The van der Waals surface area contributed by atoms with Gasteiger partial charge in [0.05, 0.1) is 0 Å². The van der Waals surface area contributed by atoms with Crippen molar-refractivity contribution in [2.75, 3.05) is 0 Å². The smallest absolute Gasteiger partial charge is 0.178 e. The molecule has 0 bridgehead atoms. The van der Waals surface area contributed by atoms with Crippen molar-refractivity contribution in [2.24, 2.45) is 0 Å². The summed E-state index contributed by atoms with van der Waals surface area (Å²) in [7, 11) is 0. The lowest BCUT2D eigenvalue weighted by atomic mass is 10.3. The molecule has 0 saturated heterocycles. The second-order valence-electron chi connectivity index (χ2n) is 1.92. The van der Waals surface area contributed by atoms with Crippen LogP contribution >= 0.6 is 31.9 Å². The van der Waals surface area contributed by atoms with Gasteiger partial charge in [0.25, 0.3) is 0 Å². The third-order valence-electron chi connectivity index (χ3n) is 1.08. The fraction of sp³-hybridized carbons (Fsp3) is 0.167. The molecule has 11 heavy (non-hydrogen) atoms. The summed E-state index contributed by atoms with van der Waals surface area (Å²) in [5.41, 5.74) is 0.402. The highest BCUT2D eigenvalue weighted by atomic mass is 79.9. The van der Waals surface area contributed by atoms with Crippen LogP contribution in [0.3, 0.4) is 0 Å². The van der Waals surface area contributed by atoms with Crippen molar-refractivity contribution in [1.82, 2.24) is 4.98 Å². The van der Waals surface area contributed by atoms with Gasteiger partial charge < -0.3 is 10.2 Å². The number of nitrogens with zero attached hydrogens (tertiary/aromatic N) is 1. The van der Waals surface area contributed by atoms with E-state index in [2.05, 4.69) is 36.8 Å². The summed E-state index contributed by atoms with van der Waals surface area (Å²) in [6.07, 6.45) is -1.45. The molecule has 0 radical (unpaired) electrons. The van der Waals surface area contributed by atoms with Gasteiger partial charge in [-0.25, -0.2) is 4.98 Å². The van der Waals surface area contributed by atoms with Gasteiger partial charge in [-0.15, -0.1) is 0 Å². The van der Waals surface area contributed by atoms with Crippen molar-refractivity contribution >= 4 is 31.9 Å². The van der Waals surface area contributed by atoms with Crippen LogP contribution in [0.4, 0.5) is 0 Å². The average molecular weight is 283 g/mol. The van der Waals surface area contributed by atoms with Crippen molar-refractivity contribution in [3.63, 3.8) is 0 Å². The third kappa shape index (κ3) is 2.52.